The fraction of sp³-hybridized carbons (Fsp3) is 0.588. The number of piperidine rings is 1. The van der Waals surface area contributed by atoms with Crippen molar-refractivity contribution in [2.24, 2.45) is 0 Å². The van der Waals surface area contributed by atoms with Gasteiger partial charge < -0.3 is 10.0 Å². The molecule has 116 valence electrons. The minimum Gasteiger partial charge on any atom is -0.385 e. The number of nitrogens with zero attached hydrogens (tertiary/aromatic N) is 2. The Morgan fingerprint density at radius 1 is 1.19 bits per heavy atom. The zero-order chi connectivity index (χ0) is 15.3. The summed E-state index contributed by atoms with van der Waals surface area (Å²) in [5, 5.41) is 10.8. The topological polar surface area (TPSA) is 43.8 Å². The molecule has 0 bridgehead atoms. The summed E-state index contributed by atoms with van der Waals surface area (Å²) in [6.07, 6.45) is 1.37. The lowest BCUT2D eigenvalue weighted by Gasteiger charge is -2.38. The number of likely N-dealkylation sites (N-methyl/N-ethyl adjacent to an activating group) is 1. The van der Waals surface area contributed by atoms with Crippen molar-refractivity contribution in [3.05, 3.63) is 35.9 Å². The van der Waals surface area contributed by atoms with Gasteiger partial charge in [-0.1, -0.05) is 30.3 Å². The highest BCUT2D eigenvalue weighted by atomic mass is 16.3. The van der Waals surface area contributed by atoms with Crippen LogP contribution in [-0.2, 0) is 10.4 Å². The molecular formula is C17H26N2O2. The summed E-state index contributed by atoms with van der Waals surface area (Å²) in [6, 6.07) is 9.85. The number of hydrogen-bond donors (Lipinski definition) is 1. The van der Waals surface area contributed by atoms with Gasteiger partial charge in [0.1, 0.15) is 0 Å². The number of benzene rings is 1. The lowest BCUT2D eigenvalue weighted by atomic mass is 9.84. The molecular weight excluding hydrogens is 264 g/mol. The van der Waals surface area contributed by atoms with Crippen LogP contribution in [0.5, 0.6) is 0 Å². The molecule has 1 aliphatic heterocycles. The van der Waals surface area contributed by atoms with E-state index in [2.05, 4.69) is 4.90 Å². The van der Waals surface area contributed by atoms with Crippen molar-refractivity contribution in [3.8, 4) is 0 Å². The van der Waals surface area contributed by atoms with Crippen molar-refractivity contribution in [2.75, 3.05) is 32.7 Å². The number of carbonyl (C=O) groups is 1. The summed E-state index contributed by atoms with van der Waals surface area (Å²) in [4.78, 5) is 16.1. The van der Waals surface area contributed by atoms with Gasteiger partial charge in [-0.3, -0.25) is 9.69 Å². The smallest absolute Gasteiger partial charge is 0.236 e. The van der Waals surface area contributed by atoms with Crippen molar-refractivity contribution < 1.29 is 9.90 Å². The van der Waals surface area contributed by atoms with E-state index in [1.54, 1.807) is 0 Å². The second kappa shape index (κ2) is 7.05. The molecule has 4 heteroatoms. The molecule has 1 amide bonds. The molecule has 2 rings (SSSR count). The molecule has 21 heavy (non-hydrogen) atoms. The van der Waals surface area contributed by atoms with E-state index in [1.165, 1.54) is 0 Å². The SMILES string of the molecule is CCN(CC)C(=O)CN1CCC(O)(c2ccccc2)CC1. The van der Waals surface area contributed by atoms with Gasteiger partial charge in [-0.25, -0.2) is 0 Å². The van der Waals surface area contributed by atoms with Crippen LogP contribution >= 0.6 is 0 Å². The molecule has 0 radical (unpaired) electrons. The Labute approximate surface area is 127 Å². The van der Waals surface area contributed by atoms with Crippen LogP contribution in [0.25, 0.3) is 0 Å². The van der Waals surface area contributed by atoms with Gasteiger partial charge in [0.25, 0.3) is 0 Å². The van der Waals surface area contributed by atoms with Crippen molar-refractivity contribution >= 4 is 5.91 Å². The molecule has 1 heterocycles. The number of rotatable bonds is 5. The van der Waals surface area contributed by atoms with Gasteiger partial charge in [0.2, 0.25) is 5.91 Å². The highest BCUT2D eigenvalue weighted by Gasteiger charge is 2.34. The third kappa shape index (κ3) is 3.83. The molecule has 0 saturated carbocycles. The van der Waals surface area contributed by atoms with E-state index < -0.39 is 5.60 Å². The van der Waals surface area contributed by atoms with Crippen LogP contribution in [0.15, 0.2) is 30.3 Å². The van der Waals surface area contributed by atoms with E-state index in [0.29, 0.717) is 19.4 Å². The van der Waals surface area contributed by atoms with Crippen LogP contribution in [-0.4, -0.2) is 53.5 Å². The molecule has 0 unspecified atom stereocenters. The van der Waals surface area contributed by atoms with Crippen molar-refractivity contribution in [3.63, 3.8) is 0 Å². The fourth-order valence-corrected chi connectivity index (χ4v) is 2.99. The number of carbonyl (C=O) groups excluding carboxylic acids is 1. The third-order valence-corrected chi connectivity index (χ3v) is 4.47. The molecule has 1 N–H and O–H groups in total. The third-order valence-electron chi connectivity index (χ3n) is 4.47. The zero-order valence-corrected chi connectivity index (χ0v) is 13.1. The van der Waals surface area contributed by atoms with E-state index in [0.717, 1.165) is 31.7 Å². The highest BCUT2D eigenvalue weighted by molar-refractivity contribution is 5.78. The van der Waals surface area contributed by atoms with E-state index in [9.17, 15) is 9.90 Å². The number of amides is 1. The van der Waals surface area contributed by atoms with Crippen LogP contribution in [0, 0.1) is 0 Å². The Morgan fingerprint density at radius 3 is 2.29 bits per heavy atom. The monoisotopic (exact) mass is 290 g/mol. The zero-order valence-electron chi connectivity index (χ0n) is 13.1. The molecule has 1 aliphatic rings. The molecule has 1 aromatic carbocycles. The predicted octanol–water partition coefficient (Wildman–Crippen LogP) is 1.84. The second-order valence-corrected chi connectivity index (χ2v) is 5.74. The quantitative estimate of drug-likeness (QED) is 0.900. The molecule has 0 atom stereocenters. The van der Waals surface area contributed by atoms with Crippen LogP contribution < -0.4 is 0 Å². The summed E-state index contributed by atoms with van der Waals surface area (Å²) in [6.45, 7) is 7.52. The first-order valence-corrected chi connectivity index (χ1v) is 7.87. The number of likely N-dealkylation sites (tertiary alicyclic amines) is 1. The van der Waals surface area contributed by atoms with Crippen molar-refractivity contribution in [2.45, 2.75) is 32.3 Å². The van der Waals surface area contributed by atoms with E-state index in [4.69, 9.17) is 0 Å². The Hall–Kier alpha value is -1.39. The second-order valence-electron chi connectivity index (χ2n) is 5.74. The minimum atomic E-state index is -0.740. The van der Waals surface area contributed by atoms with Crippen LogP contribution in [0.4, 0.5) is 0 Å². The van der Waals surface area contributed by atoms with E-state index in [-0.39, 0.29) is 5.91 Å². The Balaban J connectivity index is 1.90. The van der Waals surface area contributed by atoms with Gasteiger partial charge in [0.15, 0.2) is 0 Å². The Bertz CT molecular complexity index is 449. The maximum atomic E-state index is 12.1. The first-order valence-electron chi connectivity index (χ1n) is 7.87. The minimum absolute atomic E-state index is 0.185. The van der Waals surface area contributed by atoms with E-state index in [1.807, 2.05) is 49.1 Å². The maximum Gasteiger partial charge on any atom is 0.236 e. The first-order chi connectivity index (χ1) is 10.1. The summed E-state index contributed by atoms with van der Waals surface area (Å²) >= 11 is 0. The van der Waals surface area contributed by atoms with Crippen molar-refractivity contribution in [1.82, 2.24) is 9.80 Å². The van der Waals surface area contributed by atoms with Crippen LogP contribution in [0.2, 0.25) is 0 Å². The molecule has 4 nitrogen and oxygen atoms in total. The first kappa shape index (κ1) is 16.0. The lowest BCUT2D eigenvalue weighted by Crippen LogP contribution is -2.47. The average molecular weight is 290 g/mol. The molecule has 0 spiro atoms. The summed E-state index contributed by atoms with van der Waals surface area (Å²) in [5.41, 5.74) is 0.246. The van der Waals surface area contributed by atoms with Gasteiger partial charge in [-0.05, 0) is 32.3 Å². The summed E-state index contributed by atoms with van der Waals surface area (Å²) < 4.78 is 0. The molecule has 1 saturated heterocycles. The number of aliphatic hydroxyl groups is 1. The molecule has 0 aromatic heterocycles. The molecule has 0 aliphatic carbocycles. The highest BCUT2D eigenvalue weighted by Crippen LogP contribution is 2.32. The van der Waals surface area contributed by atoms with Crippen LogP contribution in [0.3, 0.4) is 0 Å². The summed E-state index contributed by atoms with van der Waals surface area (Å²) in [7, 11) is 0. The van der Waals surface area contributed by atoms with Gasteiger partial charge in [0, 0.05) is 26.2 Å². The van der Waals surface area contributed by atoms with Crippen molar-refractivity contribution in [1.29, 1.82) is 0 Å². The maximum absolute atomic E-state index is 12.1. The summed E-state index contributed by atoms with van der Waals surface area (Å²) in [5.74, 6) is 0.185. The average Bonchev–Trinajstić information content (AvgIpc) is 2.52. The molecule has 1 aromatic rings. The number of hydrogen-bond acceptors (Lipinski definition) is 3. The largest absolute Gasteiger partial charge is 0.385 e. The van der Waals surface area contributed by atoms with Gasteiger partial charge in [0.05, 0.1) is 12.1 Å². The van der Waals surface area contributed by atoms with E-state index >= 15 is 0 Å². The molecule has 1 fully saturated rings. The standard InChI is InChI=1S/C17H26N2O2/c1-3-19(4-2)16(20)14-18-12-10-17(21,11-13-18)15-8-6-5-7-9-15/h5-9,21H,3-4,10-14H2,1-2H3. The van der Waals surface area contributed by atoms with Gasteiger partial charge >= 0.3 is 0 Å². The van der Waals surface area contributed by atoms with Gasteiger partial charge in [-0.2, -0.15) is 0 Å². The normalized spacial score (nSPS) is 18.4. The Morgan fingerprint density at radius 2 is 1.76 bits per heavy atom. The van der Waals surface area contributed by atoms with Gasteiger partial charge in [-0.15, -0.1) is 0 Å². The fourth-order valence-electron chi connectivity index (χ4n) is 2.99. The lowest BCUT2D eigenvalue weighted by molar-refractivity contribution is -0.133. The Kier molecular flexibility index (Phi) is 5.37. The predicted molar refractivity (Wildman–Crippen MR) is 83.9 cm³/mol. The van der Waals surface area contributed by atoms with Crippen LogP contribution in [0.1, 0.15) is 32.3 Å².